The fourth-order valence-electron chi connectivity index (χ4n) is 3.02. The maximum atomic E-state index is 12.5. The van der Waals surface area contributed by atoms with Gasteiger partial charge in [-0.2, -0.15) is 34.1 Å². The molecule has 4 aliphatic rings. The van der Waals surface area contributed by atoms with Crippen molar-refractivity contribution >= 4 is 26.4 Å². The number of unbranched alkanes of at least 4 members (excludes halogenated alkanes) is 1. The van der Waals surface area contributed by atoms with Crippen molar-refractivity contribution in [2.24, 2.45) is 0 Å². The molecule has 4 aliphatic heterocycles. The van der Waals surface area contributed by atoms with Crippen molar-refractivity contribution in [2.75, 3.05) is 26.6 Å². The van der Waals surface area contributed by atoms with E-state index in [0.29, 0.717) is 19.3 Å². The topological polar surface area (TPSA) is 119 Å². The lowest BCUT2D eigenvalue weighted by Gasteiger charge is -2.43. The smallest absolute Gasteiger partial charge is 0.303 e. The molecule has 5 atom stereocenters. The Kier molecular flexibility index (Phi) is 3.94. The van der Waals surface area contributed by atoms with Gasteiger partial charge in [0.25, 0.3) is 20.4 Å². The third kappa shape index (κ3) is 2.53. The average molecular weight is 354 g/mol. The van der Waals surface area contributed by atoms with E-state index in [0.717, 1.165) is 8.61 Å². The first kappa shape index (κ1) is 16.1. The minimum absolute atomic E-state index is 0.0275. The molecule has 0 aromatic rings. The van der Waals surface area contributed by atoms with Gasteiger partial charge in [-0.15, -0.1) is 0 Å². The first-order chi connectivity index (χ1) is 10.2. The lowest BCUT2D eigenvalue weighted by Crippen LogP contribution is -2.64. The molecule has 4 fully saturated rings. The van der Waals surface area contributed by atoms with Crippen molar-refractivity contribution < 1.29 is 26.7 Å². The number of fused-ring (bicyclic) bond motifs is 1. The van der Waals surface area contributed by atoms with Crippen LogP contribution in [0.15, 0.2) is 0 Å². The Balaban J connectivity index is 1.79. The van der Waals surface area contributed by atoms with Crippen LogP contribution in [0.2, 0.25) is 0 Å². The standard InChI is InChI=1S/C10H18N4O6S2/c15-10(16)4-2-1-3-9-5-11-6-12-7-13(21(11,17)18)8-14(9)22(12,19)20/h9H,1-8H2,(H,15,16)/t9-/m0/s1. The molecule has 4 saturated heterocycles. The first-order valence-corrected chi connectivity index (χ1v) is 9.76. The van der Waals surface area contributed by atoms with Gasteiger partial charge in [0.2, 0.25) is 0 Å². The van der Waals surface area contributed by atoms with Crippen LogP contribution in [0.5, 0.6) is 0 Å². The van der Waals surface area contributed by atoms with Crippen LogP contribution in [0, 0.1) is 0 Å². The summed E-state index contributed by atoms with van der Waals surface area (Å²) in [5.41, 5.74) is 0. The number of nitrogens with zero attached hydrogens (tertiary/aromatic N) is 4. The molecule has 22 heavy (non-hydrogen) atoms. The monoisotopic (exact) mass is 354 g/mol. The number of rotatable bonds is 5. The van der Waals surface area contributed by atoms with Crippen molar-refractivity contribution in [3.63, 3.8) is 0 Å². The predicted octanol–water partition coefficient (Wildman–Crippen LogP) is -1.39. The van der Waals surface area contributed by atoms with Crippen LogP contribution in [0.4, 0.5) is 0 Å². The molecule has 0 radical (unpaired) electrons. The molecule has 0 spiro atoms. The molecule has 4 bridgehead atoms. The number of aliphatic carboxylic acids is 1. The molecule has 4 unspecified atom stereocenters. The van der Waals surface area contributed by atoms with Crippen LogP contribution in [-0.2, 0) is 25.2 Å². The molecule has 0 saturated carbocycles. The normalized spacial score (nSPS) is 41.2. The summed E-state index contributed by atoms with van der Waals surface area (Å²) in [6, 6.07) is -0.455. The quantitative estimate of drug-likeness (QED) is 0.607. The largest absolute Gasteiger partial charge is 0.481 e. The van der Waals surface area contributed by atoms with Crippen molar-refractivity contribution in [3.05, 3.63) is 0 Å². The Morgan fingerprint density at radius 2 is 1.59 bits per heavy atom. The summed E-state index contributed by atoms with van der Waals surface area (Å²) in [4.78, 5) is 10.5. The molecule has 1 N–H and O–H groups in total. The molecule has 0 amide bonds. The molecule has 12 heteroatoms. The van der Waals surface area contributed by atoms with Gasteiger partial charge in [0.15, 0.2) is 0 Å². The van der Waals surface area contributed by atoms with Crippen LogP contribution in [0.3, 0.4) is 0 Å². The first-order valence-electron chi connectivity index (χ1n) is 6.97. The van der Waals surface area contributed by atoms with Gasteiger partial charge in [-0.1, -0.05) is 6.42 Å². The Morgan fingerprint density at radius 3 is 2.27 bits per heavy atom. The third-order valence-corrected chi connectivity index (χ3v) is 7.89. The second-order valence-electron chi connectivity index (χ2n) is 5.66. The highest BCUT2D eigenvalue weighted by molar-refractivity contribution is 7.88. The molecule has 0 aromatic heterocycles. The van der Waals surface area contributed by atoms with Crippen LogP contribution in [-0.4, -0.2) is 77.7 Å². The van der Waals surface area contributed by atoms with Gasteiger partial charge in [0.05, 0.1) is 20.0 Å². The summed E-state index contributed by atoms with van der Waals surface area (Å²) in [5.74, 6) is -0.891. The van der Waals surface area contributed by atoms with E-state index in [4.69, 9.17) is 5.11 Å². The van der Waals surface area contributed by atoms with E-state index in [1.54, 1.807) is 0 Å². The summed E-state index contributed by atoms with van der Waals surface area (Å²) < 4.78 is 54.2. The number of hydrogen-bond donors (Lipinski definition) is 1. The SMILES string of the molecule is O=C(O)CCCC[C@H]1CN2CN3CN(CN1S3(=O)=O)S2(=O)=O. The van der Waals surface area contributed by atoms with Crippen molar-refractivity contribution in [3.8, 4) is 0 Å². The van der Waals surface area contributed by atoms with E-state index < -0.39 is 32.4 Å². The molecular weight excluding hydrogens is 336 g/mol. The lowest BCUT2D eigenvalue weighted by atomic mass is 10.1. The highest BCUT2D eigenvalue weighted by Crippen LogP contribution is 2.34. The zero-order chi connectivity index (χ0) is 16.1. The number of carboxylic acid groups (broad SMARTS) is 1. The number of carboxylic acids is 1. The Hall–Kier alpha value is -0.790. The van der Waals surface area contributed by atoms with Gasteiger partial charge in [0.1, 0.15) is 0 Å². The van der Waals surface area contributed by atoms with Crippen LogP contribution >= 0.6 is 0 Å². The fourth-order valence-corrected chi connectivity index (χ4v) is 6.47. The minimum atomic E-state index is -3.65. The minimum Gasteiger partial charge on any atom is -0.481 e. The molecular formula is C10H18N4O6S2. The molecule has 10 nitrogen and oxygen atoms in total. The van der Waals surface area contributed by atoms with Gasteiger partial charge in [-0.25, -0.2) is 0 Å². The molecule has 4 rings (SSSR count). The highest BCUT2D eigenvalue weighted by Gasteiger charge is 2.54. The van der Waals surface area contributed by atoms with Gasteiger partial charge in [0, 0.05) is 19.0 Å². The van der Waals surface area contributed by atoms with Gasteiger partial charge < -0.3 is 5.11 Å². The van der Waals surface area contributed by atoms with E-state index in [9.17, 15) is 21.6 Å². The lowest BCUT2D eigenvalue weighted by molar-refractivity contribution is -0.137. The number of carbonyl (C=O) groups is 1. The van der Waals surface area contributed by atoms with E-state index in [1.165, 1.54) is 8.61 Å². The maximum absolute atomic E-state index is 12.5. The summed E-state index contributed by atoms with van der Waals surface area (Å²) in [5, 5.41) is 8.63. The van der Waals surface area contributed by atoms with E-state index in [2.05, 4.69) is 0 Å². The van der Waals surface area contributed by atoms with Gasteiger partial charge in [-0.3, -0.25) is 4.79 Å². The third-order valence-electron chi connectivity index (χ3n) is 4.20. The van der Waals surface area contributed by atoms with Crippen LogP contribution in [0.1, 0.15) is 25.7 Å². The average Bonchev–Trinajstić information content (AvgIpc) is 2.53. The number of hydrogen-bond acceptors (Lipinski definition) is 5. The Labute approximate surface area is 129 Å². The highest BCUT2D eigenvalue weighted by atomic mass is 32.2. The molecule has 0 aliphatic carbocycles. The summed E-state index contributed by atoms with van der Waals surface area (Å²) in [7, 11) is -7.26. The van der Waals surface area contributed by atoms with E-state index in [1.807, 2.05) is 0 Å². The van der Waals surface area contributed by atoms with Crippen LogP contribution < -0.4 is 0 Å². The second-order valence-corrected chi connectivity index (χ2v) is 9.47. The molecule has 4 heterocycles. The van der Waals surface area contributed by atoms with Crippen molar-refractivity contribution in [1.82, 2.24) is 17.2 Å². The van der Waals surface area contributed by atoms with Crippen molar-refractivity contribution in [2.45, 2.75) is 31.7 Å². The van der Waals surface area contributed by atoms with Gasteiger partial charge >= 0.3 is 5.97 Å². The Morgan fingerprint density at radius 1 is 0.955 bits per heavy atom. The van der Waals surface area contributed by atoms with Gasteiger partial charge in [-0.05, 0) is 12.8 Å². The predicted molar refractivity (Wildman–Crippen MR) is 74.6 cm³/mol. The summed E-state index contributed by atoms with van der Waals surface area (Å²) in [6.07, 6.45) is 1.46. The summed E-state index contributed by atoms with van der Waals surface area (Å²) in [6.45, 7) is -0.338. The Bertz CT molecular complexity index is 678. The zero-order valence-corrected chi connectivity index (χ0v) is 13.5. The summed E-state index contributed by atoms with van der Waals surface area (Å²) >= 11 is 0. The van der Waals surface area contributed by atoms with E-state index in [-0.39, 0.29) is 33.0 Å². The van der Waals surface area contributed by atoms with Crippen molar-refractivity contribution in [1.29, 1.82) is 0 Å². The van der Waals surface area contributed by atoms with Crippen LogP contribution in [0.25, 0.3) is 0 Å². The molecule has 0 aromatic carbocycles. The molecule has 126 valence electrons. The fraction of sp³-hybridized carbons (Fsp3) is 0.900. The second kappa shape index (κ2) is 5.39. The zero-order valence-electron chi connectivity index (χ0n) is 11.8. The maximum Gasteiger partial charge on any atom is 0.303 e. The van der Waals surface area contributed by atoms with E-state index >= 15 is 0 Å².